The standard InChI is InChI=1S/C16H13Cl2N3O3S/c1-10-8-16(19)21(20-10)15-9-13(6-7-14(15)18)25(22,23)24-12-4-2-11(17)3-5-12/h2-9H,19H2,1H3. The Labute approximate surface area is 154 Å². The minimum atomic E-state index is -4.06. The number of hydrogen-bond donors (Lipinski definition) is 1. The van der Waals surface area contributed by atoms with Gasteiger partial charge in [0.1, 0.15) is 16.5 Å². The molecule has 130 valence electrons. The Kier molecular flexibility index (Phi) is 4.64. The highest BCUT2D eigenvalue weighted by Crippen LogP contribution is 2.28. The smallest absolute Gasteiger partial charge is 0.339 e. The zero-order chi connectivity index (χ0) is 18.2. The van der Waals surface area contributed by atoms with Gasteiger partial charge in [-0.3, -0.25) is 0 Å². The molecule has 0 atom stereocenters. The number of aryl methyl sites for hydroxylation is 1. The van der Waals surface area contributed by atoms with Crippen molar-refractivity contribution in [2.45, 2.75) is 11.8 Å². The van der Waals surface area contributed by atoms with E-state index in [1.54, 1.807) is 13.0 Å². The molecule has 0 unspecified atom stereocenters. The number of halogens is 2. The molecule has 2 N–H and O–H groups in total. The molecule has 0 saturated carbocycles. The molecule has 0 fully saturated rings. The van der Waals surface area contributed by atoms with Crippen LogP contribution in [0.2, 0.25) is 10.0 Å². The maximum absolute atomic E-state index is 12.5. The van der Waals surface area contributed by atoms with Crippen LogP contribution in [0.25, 0.3) is 5.69 Å². The van der Waals surface area contributed by atoms with Gasteiger partial charge in [0.25, 0.3) is 0 Å². The van der Waals surface area contributed by atoms with Crippen molar-refractivity contribution in [1.82, 2.24) is 9.78 Å². The predicted molar refractivity (Wildman–Crippen MR) is 97.0 cm³/mol. The van der Waals surface area contributed by atoms with Crippen molar-refractivity contribution in [3.05, 3.63) is 64.3 Å². The molecule has 25 heavy (non-hydrogen) atoms. The van der Waals surface area contributed by atoms with Crippen molar-refractivity contribution in [2.75, 3.05) is 5.73 Å². The van der Waals surface area contributed by atoms with Crippen LogP contribution in [0, 0.1) is 6.92 Å². The van der Waals surface area contributed by atoms with Crippen LogP contribution >= 0.6 is 23.2 Å². The van der Waals surface area contributed by atoms with Gasteiger partial charge in [0.2, 0.25) is 0 Å². The Bertz CT molecular complexity index is 1030. The minimum Gasteiger partial charge on any atom is -0.384 e. The molecule has 1 aromatic heterocycles. The van der Waals surface area contributed by atoms with Crippen LogP contribution in [0.15, 0.2) is 53.4 Å². The third kappa shape index (κ3) is 3.73. The molecular weight excluding hydrogens is 385 g/mol. The second-order valence-corrected chi connectivity index (χ2v) is 7.62. The van der Waals surface area contributed by atoms with Crippen LogP contribution in [0.1, 0.15) is 5.69 Å². The average molecular weight is 398 g/mol. The Morgan fingerprint density at radius 2 is 1.76 bits per heavy atom. The predicted octanol–water partition coefficient (Wildman–Crippen LogP) is 3.84. The lowest BCUT2D eigenvalue weighted by Gasteiger charge is -2.11. The van der Waals surface area contributed by atoms with E-state index in [0.717, 1.165) is 0 Å². The summed E-state index contributed by atoms with van der Waals surface area (Å²) >= 11 is 12.0. The van der Waals surface area contributed by atoms with E-state index in [9.17, 15) is 8.42 Å². The number of anilines is 1. The maximum atomic E-state index is 12.5. The van der Waals surface area contributed by atoms with E-state index < -0.39 is 10.1 Å². The summed E-state index contributed by atoms with van der Waals surface area (Å²) < 4.78 is 31.5. The fraction of sp³-hybridized carbons (Fsp3) is 0.0625. The number of nitrogens with two attached hydrogens (primary N) is 1. The van der Waals surface area contributed by atoms with Crippen molar-refractivity contribution < 1.29 is 12.6 Å². The second-order valence-electron chi connectivity index (χ2n) is 5.23. The van der Waals surface area contributed by atoms with Gasteiger partial charge >= 0.3 is 10.1 Å². The number of hydrogen-bond acceptors (Lipinski definition) is 5. The van der Waals surface area contributed by atoms with E-state index in [4.69, 9.17) is 33.1 Å². The average Bonchev–Trinajstić information content (AvgIpc) is 2.88. The lowest BCUT2D eigenvalue weighted by molar-refractivity contribution is 0.486. The zero-order valence-corrected chi connectivity index (χ0v) is 15.3. The Morgan fingerprint density at radius 3 is 2.36 bits per heavy atom. The minimum absolute atomic E-state index is 0.0746. The summed E-state index contributed by atoms with van der Waals surface area (Å²) in [4.78, 5) is -0.0746. The Balaban J connectivity index is 2.01. The molecular formula is C16H13Cl2N3O3S. The summed E-state index contributed by atoms with van der Waals surface area (Å²) in [7, 11) is -4.06. The highest BCUT2D eigenvalue weighted by atomic mass is 35.5. The van der Waals surface area contributed by atoms with Crippen LogP contribution < -0.4 is 9.92 Å². The largest absolute Gasteiger partial charge is 0.384 e. The lowest BCUT2D eigenvalue weighted by atomic mass is 10.3. The van der Waals surface area contributed by atoms with Gasteiger partial charge < -0.3 is 9.92 Å². The third-order valence-corrected chi connectivity index (χ3v) is 5.13. The van der Waals surface area contributed by atoms with Gasteiger partial charge in [-0.15, -0.1) is 0 Å². The first kappa shape index (κ1) is 17.6. The van der Waals surface area contributed by atoms with Crippen LogP contribution in [0.5, 0.6) is 5.75 Å². The molecule has 0 aliphatic carbocycles. The van der Waals surface area contributed by atoms with Crippen LogP contribution in [0.3, 0.4) is 0 Å². The Hall–Kier alpha value is -2.22. The summed E-state index contributed by atoms with van der Waals surface area (Å²) in [6.07, 6.45) is 0. The fourth-order valence-electron chi connectivity index (χ4n) is 2.19. The molecule has 0 amide bonds. The summed E-state index contributed by atoms with van der Waals surface area (Å²) in [5.74, 6) is 0.489. The highest BCUT2D eigenvalue weighted by molar-refractivity contribution is 7.87. The lowest BCUT2D eigenvalue weighted by Crippen LogP contribution is -2.11. The first-order chi connectivity index (χ1) is 11.8. The van der Waals surface area contributed by atoms with Gasteiger partial charge in [-0.05, 0) is 49.4 Å². The summed E-state index contributed by atoms with van der Waals surface area (Å²) in [6, 6.07) is 11.8. The molecule has 3 aromatic rings. The van der Waals surface area contributed by atoms with E-state index in [2.05, 4.69) is 5.10 Å². The van der Waals surface area contributed by atoms with Crippen molar-refractivity contribution >= 4 is 39.1 Å². The van der Waals surface area contributed by atoms with Gasteiger partial charge in [0.15, 0.2) is 0 Å². The number of rotatable bonds is 4. The summed E-state index contributed by atoms with van der Waals surface area (Å²) in [6.45, 7) is 1.77. The van der Waals surface area contributed by atoms with Crippen molar-refractivity contribution in [3.63, 3.8) is 0 Å². The molecule has 2 aromatic carbocycles. The molecule has 3 rings (SSSR count). The molecule has 1 heterocycles. The molecule has 0 aliphatic rings. The van der Waals surface area contributed by atoms with Gasteiger partial charge in [-0.2, -0.15) is 13.5 Å². The first-order valence-electron chi connectivity index (χ1n) is 7.08. The molecule has 0 aliphatic heterocycles. The SMILES string of the molecule is Cc1cc(N)n(-c2cc(S(=O)(=O)Oc3ccc(Cl)cc3)ccc2Cl)n1. The number of nitrogen functional groups attached to an aromatic ring is 1. The van der Waals surface area contributed by atoms with Crippen LogP contribution in [-0.4, -0.2) is 18.2 Å². The zero-order valence-electron chi connectivity index (χ0n) is 13.0. The van der Waals surface area contributed by atoms with Gasteiger partial charge in [-0.25, -0.2) is 4.68 Å². The van der Waals surface area contributed by atoms with Crippen LogP contribution in [0.4, 0.5) is 5.82 Å². The van der Waals surface area contributed by atoms with E-state index in [1.165, 1.54) is 47.1 Å². The first-order valence-corrected chi connectivity index (χ1v) is 9.25. The number of aromatic nitrogens is 2. The topological polar surface area (TPSA) is 87.2 Å². The Morgan fingerprint density at radius 1 is 1.08 bits per heavy atom. The van der Waals surface area contributed by atoms with Crippen molar-refractivity contribution in [3.8, 4) is 11.4 Å². The molecule has 6 nitrogen and oxygen atoms in total. The monoisotopic (exact) mass is 397 g/mol. The second kappa shape index (κ2) is 6.59. The summed E-state index contributed by atoms with van der Waals surface area (Å²) in [5, 5.41) is 5.00. The quantitative estimate of drug-likeness (QED) is 0.675. The molecule has 0 saturated heterocycles. The van der Waals surface area contributed by atoms with E-state index >= 15 is 0 Å². The number of nitrogens with zero attached hydrogens (tertiary/aromatic N) is 2. The number of benzene rings is 2. The molecule has 0 radical (unpaired) electrons. The molecule has 0 bridgehead atoms. The molecule has 9 heteroatoms. The van der Waals surface area contributed by atoms with Gasteiger partial charge in [-0.1, -0.05) is 23.2 Å². The third-order valence-electron chi connectivity index (χ3n) is 3.31. The molecule has 0 spiro atoms. The van der Waals surface area contributed by atoms with Crippen molar-refractivity contribution in [1.29, 1.82) is 0 Å². The highest BCUT2D eigenvalue weighted by Gasteiger charge is 2.20. The normalized spacial score (nSPS) is 11.5. The van der Waals surface area contributed by atoms with E-state index in [1.807, 2.05) is 0 Å². The van der Waals surface area contributed by atoms with E-state index in [-0.39, 0.29) is 10.6 Å². The van der Waals surface area contributed by atoms with Crippen LogP contribution in [-0.2, 0) is 10.1 Å². The van der Waals surface area contributed by atoms with Crippen molar-refractivity contribution in [2.24, 2.45) is 0 Å². The van der Waals surface area contributed by atoms with Gasteiger partial charge in [0, 0.05) is 11.1 Å². The summed E-state index contributed by atoms with van der Waals surface area (Å²) in [5.41, 5.74) is 6.91. The van der Waals surface area contributed by atoms with Gasteiger partial charge in [0.05, 0.1) is 16.4 Å². The maximum Gasteiger partial charge on any atom is 0.339 e. The fourth-order valence-corrected chi connectivity index (χ4v) is 3.46. The van der Waals surface area contributed by atoms with E-state index in [0.29, 0.717) is 27.2 Å².